The molecule has 0 aromatic heterocycles. The Morgan fingerprint density at radius 3 is 2.35 bits per heavy atom. The molecule has 0 bridgehead atoms. The molecule has 0 radical (unpaired) electrons. The summed E-state index contributed by atoms with van der Waals surface area (Å²) >= 11 is 1.83. The van der Waals surface area contributed by atoms with Crippen molar-refractivity contribution < 1.29 is 9.47 Å². The standard InChI is InChI=1S/C13H21NO2S/c1-10(14)13(17-9-8-15-2)11-4-6-12(16-3)7-5-11/h4-7,10,13H,8-9,14H2,1-3H3. The van der Waals surface area contributed by atoms with Gasteiger partial charge in [-0.05, 0) is 24.6 Å². The van der Waals surface area contributed by atoms with Crippen LogP contribution in [0.25, 0.3) is 0 Å². The highest BCUT2D eigenvalue weighted by molar-refractivity contribution is 7.99. The first-order chi connectivity index (χ1) is 8.19. The molecule has 2 unspecified atom stereocenters. The molecule has 1 rings (SSSR count). The maximum absolute atomic E-state index is 6.03. The van der Waals surface area contributed by atoms with Crippen LogP contribution in [0.3, 0.4) is 0 Å². The minimum Gasteiger partial charge on any atom is -0.497 e. The van der Waals surface area contributed by atoms with Gasteiger partial charge in [0.25, 0.3) is 0 Å². The van der Waals surface area contributed by atoms with Gasteiger partial charge in [0, 0.05) is 24.2 Å². The SMILES string of the molecule is COCCSC(c1ccc(OC)cc1)C(C)N. The van der Waals surface area contributed by atoms with Crippen LogP contribution in [0, 0.1) is 0 Å². The Morgan fingerprint density at radius 1 is 1.24 bits per heavy atom. The molecule has 1 aromatic carbocycles. The van der Waals surface area contributed by atoms with Gasteiger partial charge in [0.2, 0.25) is 0 Å². The lowest BCUT2D eigenvalue weighted by molar-refractivity contribution is 0.218. The van der Waals surface area contributed by atoms with E-state index in [4.69, 9.17) is 15.2 Å². The van der Waals surface area contributed by atoms with Crippen LogP contribution in [0.1, 0.15) is 17.7 Å². The van der Waals surface area contributed by atoms with Gasteiger partial charge in [0.1, 0.15) is 5.75 Å². The number of thioether (sulfide) groups is 1. The summed E-state index contributed by atoms with van der Waals surface area (Å²) in [5.74, 6) is 1.83. The van der Waals surface area contributed by atoms with E-state index in [1.165, 1.54) is 5.56 Å². The summed E-state index contributed by atoms with van der Waals surface area (Å²) in [5.41, 5.74) is 7.27. The van der Waals surface area contributed by atoms with Crippen LogP contribution in [0.15, 0.2) is 24.3 Å². The lowest BCUT2D eigenvalue weighted by Gasteiger charge is -2.21. The average Bonchev–Trinajstić information content (AvgIpc) is 2.34. The number of methoxy groups -OCH3 is 2. The smallest absolute Gasteiger partial charge is 0.118 e. The van der Waals surface area contributed by atoms with Gasteiger partial charge < -0.3 is 15.2 Å². The fourth-order valence-corrected chi connectivity index (χ4v) is 2.77. The topological polar surface area (TPSA) is 44.5 Å². The lowest BCUT2D eigenvalue weighted by Crippen LogP contribution is -2.23. The molecule has 0 amide bonds. The van der Waals surface area contributed by atoms with E-state index in [9.17, 15) is 0 Å². The molecule has 4 heteroatoms. The second-order valence-electron chi connectivity index (χ2n) is 3.92. The van der Waals surface area contributed by atoms with Crippen molar-refractivity contribution in [1.29, 1.82) is 0 Å². The van der Waals surface area contributed by atoms with Gasteiger partial charge in [-0.25, -0.2) is 0 Å². The van der Waals surface area contributed by atoms with Crippen molar-refractivity contribution in [3.63, 3.8) is 0 Å². The van der Waals surface area contributed by atoms with E-state index in [-0.39, 0.29) is 6.04 Å². The molecule has 2 N–H and O–H groups in total. The molecule has 17 heavy (non-hydrogen) atoms. The zero-order valence-corrected chi connectivity index (χ0v) is 11.5. The summed E-state index contributed by atoms with van der Waals surface area (Å²) in [7, 11) is 3.39. The first kappa shape index (κ1) is 14.4. The Morgan fingerprint density at radius 2 is 1.88 bits per heavy atom. The minimum absolute atomic E-state index is 0.116. The largest absolute Gasteiger partial charge is 0.497 e. The minimum atomic E-state index is 0.116. The summed E-state index contributed by atoms with van der Waals surface area (Å²) < 4.78 is 10.2. The second-order valence-corrected chi connectivity index (χ2v) is 5.17. The van der Waals surface area contributed by atoms with Crippen LogP contribution in [-0.4, -0.2) is 32.6 Å². The molecule has 0 aliphatic rings. The van der Waals surface area contributed by atoms with E-state index >= 15 is 0 Å². The van der Waals surface area contributed by atoms with Gasteiger partial charge in [-0.15, -0.1) is 11.8 Å². The van der Waals surface area contributed by atoms with Crippen molar-refractivity contribution in [3.05, 3.63) is 29.8 Å². The number of benzene rings is 1. The molecule has 0 saturated carbocycles. The van der Waals surface area contributed by atoms with Crippen molar-refractivity contribution in [1.82, 2.24) is 0 Å². The molecule has 0 fully saturated rings. The van der Waals surface area contributed by atoms with Crippen LogP contribution in [0.2, 0.25) is 0 Å². The Kier molecular flexibility index (Phi) is 6.40. The monoisotopic (exact) mass is 255 g/mol. The highest BCUT2D eigenvalue weighted by Gasteiger charge is 2.16. The third-order valence-electron chi connectivity index (χ3n) is 2.51. The van der Waals surface area contributed by atoms with Gasteiger partial charge in [-0.2, -0.15) is 0 Å². The summed E-state index contributed by atoms with van der Waals surface area (Å²) in [4.78, 5) is 0. The van der Waals surface area contributed by atoms with Crippen LogP contribution in [0.5, 0.6) is 5.75 Å². The number of rotatable bonds is 7. The predicted molar refractivity (Wildman–Crippen MR) is 73.7 cm³/mol. The molecule has 0 saturated heterocycles. The highest BCUT2D eigenvalue weighted by Crippen LogP contribution is 2.32. The van der Waals surface area contributed by atoms with E-state index in [0.29, 0.717) is 5.25 Å². The molecule has 2 atom stereocenters. The third-order valence-corrected chi connectivity index (χ3v) is 3.97. The number of ether oxygens (including phenoxy) is 2. The molecule has 0 aliphatic carbocycles. The van der Waals surface area contributed by atoms with E-state index in [0.717, 1.165) is 18.1 Å². The first-order valence-electron chi connectivity index (χ1n) is 5.69. The lowest BCUT2D eigenvalue weighted by atomic mass is 10.1. The molecule has 96 valence electrons. The average molecular weight is 255 g/mol. The zero-order chi connectivity index (χ0) is 12.7. The van der Waals surface area contributed by atoms with Crippen LogP contribution < -0.4 is 10.5 Å². The Balaban J connectivity index is 2.68. The van der Waals surface area contributed by atoms with Crippen molar-refractivity contribution >= 4 is 11.8 Å². The fourth-order valence-electron chi connectivity index (χ4n) is 1.60. The summed E-state index contributed by atoms with van der Waals surface area (Å²) in [5, 5.41) is 0.302. The van der Waals surface area contributed by atoms with E-state index in [2.05, 4.69) is 12.1 Å². The third kappa shape index (κ3) is 4.58. The summed E-state index contributed by atoms with van der Waals surface area (Å²) in [6.07, 6.45) is 0. The van der Waals surface area contributed by atoms with Crippen LogP contribution >= 0.6 is 11.8 Å². The number of hydrogen-bond acceptors (Lipinski definition) is 4. The zero-order valence-electron chi connectivity index (χ0n) is 10.7. The molecule has 0 heterocycles. The van der Waals surface area contributed by atoms with Crippen molar-refractivity contribution in [2.24, 2.45) is 5.73 Å². The van der Waals surface area contributed by atoms with E-state index < -0.39 is 0 Å². The number of hydrogen-bond donors (Lipinski definition) is 1. The van der Waals surface area contributed by atoms with Crippen LogP contribution in [-0.2, 0) is 4.74 Å². The van der Waals surface area contributed by atoms with Crippen molar-refractivity contribution in [2.75, 3.05) is 26.6 Å². The first-order valence-corrected chi connectivity index (χ1v) is 6.74. The maximum Gasteiger partial charge on any atom is 0.118 e. The van der Waals surface area contributed by atoms with Gasteiger partial charge in [-0.1, -0.05) is 12.1 Å². The van der Waals surface area contributed by atoms with E-state index in [1.807, 2.05) is 30.8 Å². The Labute approximate surface area is 108 Å². The van der Waals surface area contributed by atoms with Crippen molar-refractivity contribution in [3.8, 4) is 5.75 Å². The molecule has 0 aliphatic heterocycles. The molecule has 1 aromatic rings. The Hall–Kier alpha value is -0.710. The molecule has 3 nitrogen and oxygen atoms in total. The van der Waals surface area contributed by atoms with Gasteiger partial charge in [-0.3, -0.25) is 0 Å². The number of nitrogens with two attached hydrogens (primary N) is 1. The normalized spacial score (nSPS) is 14.4. The molecular weight excluding hydrogens is 234 g/mol. The van der Waals surface area contributed by atoms with E-state index in [1.54, 1.807) is 14.2 Å². The van der Waals surface area contributed by atoms with Gasteiger partial charge >= 0.3 is 0 Å². The molecule has 0 spiro atoms. The Bertz CT molecular complexity index is 314. The quantitative estimate of drug-likeness (QED) is 0.760. The van der Waals surface area contributed by atoms with Gasteiger partial charge in [0.05, 0.1) is 13.7 Å². The fraction of sp³-hybridized carbons (Fsp3) is 0.538. The summed E-state index contributed by atoms with van der Waals surface area (Å²) in [6, 6.07) is 8.22. The highest BCUT2D eigenvalue weighted by atomic mass is 32.2. The van der Waals surface area contributed by atoms with Gasteiger partial charge in [0.15, 0.2) is 0 Å². The van der Waals surface area contributed by atoms with Crippen molar-refractivity contribution in [2.45, 2.75) is 18.2 Å². The maximum atomic E-state index is 6.03. The second kappa shape index (κ2) is 7.58. The van der Waals surface area contributed by atoms with Crippen LogP contribution in [0.4, 0.5) is 0 Å². The predicted octanol–water partition coefficient (Wildman–Crippen LogP) is 2.46. The summed E-state index contributed by atoms with van der Waals surface area (Å²) in [6.45, 7) is 2.79. The molecular formula is C13H21NO2S.